The van der Waals surface area contributed by atoms with E-state index in [1.54, 1.807) is 21.2 Å². The molecule has 0 spiro atoms. The topological polar surface area (TPSA) is 81.8 Å². The monoisotopic (exact) mass is 345 g/mol. The van der Waals surface area contributed by atoms with Gasteiger partial charge in [0.2, 0.25) is 5.91 Å². The molecule has 0 bridgehead atoms. The SMILES string of the molecule is COCCNC(=NCC(=O)N(C)C)NCCc1c[nH]c2ccccc12. The van der Waals surface area contributed by atoms with E-state index >= 15 is 0 Å². The molecule has 0 saturated carbocycles. The fourth-order valence-corrected chi connectivity index (χ4v) is 2.39. The molecule has 136 valence electrons. The predicted octanol–water partition coefficient (Wildman–Crippen LogP) is 0.980. The third kappa shape index (κ3) is 5.79. The number of aromatic nitrogens is 1. The Labute approximate surface area is 148 Å². The molecule has 1 aromatic heterocycles. The van der Waals surface area contributed by atoms with Crippen LogP contribution in [0.25, 0.3) is 10.9 Å². The number of para-hydroxylation sites is 1. The number of H-pyrrole nitrogens is 1. The second-order valence-corrected chi connectivity index (χ2v) is 5.91. The number of nitrogens with zero attached hydrogens (tertiary/aromatic N) is 2. The van der Waals surface area contributed by atoms with E-state index in [2.05, 4.69) is 32.7 Å². The number of benzene rings is 1. The Morgan fingerprint density at radius 2 is 2.00 bits per heavy atom. The Bertz CT molecular complexity index is 708. The number of methoxy groups -OCH3 is 1. The standard InChI is InChI=1S/C18H27N5O2/c1-23(2)17(24)13-22-18(20-10-11-25-3)19-9-8-14-12-21-16-7-5-4-6-15(14)16/h4-7,12,21H,8-11,13H2,1-3H3,(H2,19,20,22). The van der Waals surface area contributed by atoms with Crippen molar-refractivity contribution in [1.82, 2.24) is 20.5 Å². The average molecular weight is 345 g/mol. The number of guanidine groups is 1. The molecule has 3 N–H and O–H groups in total. The number of likely N-dealkylation sites (N-methyl/N-ethyl adjacent to an activating group) is 1. The van der Waals surface area contributed by atoms with Gasteiger partial charge in [-0.05, 0) is 18.1 Å². The van der Waals surface area contributed by atoms with Gasteiger partial charge >= 0.3 is 0 Å². The molecule has 1 amide bonds. The first-order valence-corrected chi connectivity index (χ1v) is 8.38. The van der Waals surface area contributed by atoms with E-state index in [-0.39, 0.29) is 12.5 Å². The van der Waals surface area contributed by atoms with Crippen molar-refractivity contribution < 1.29 is 9.53 Å². The number of carbonyl (C=O) groups is 1. The fraction of sp³-hybridized carbons (Fsp3) is 0.444. The first-order chi connectivity index (χ1) is 12.1. The molecule has 25 heavy (non-hydrogen) atoms. The van der Waals surface area contributed by atoms with Gasteiger partial charge in [0.1, 0.15) is 6.54 Å². The van der Waals surface area contributed by atoms with E-state index < -0.39 is 0 Å². The number of rotatable bonds is 8. The number of hydrogen-bond acceptors (Lipinski definition) is 3. The highest BCUT2D eigenvalue weighted by Gasteiger charge is 2.06. The summed E-state index contributed by atoms with van der Waals surface area (Å²) in [4.78, 5) is 20.9. The van der Waals surface area contributed by atoms with Crippen LogP contribution in [-0.4, -0.2) is 69.2 Å². The lowest BCUT2D eigenvalue weighted by molar-refractivity contribution is -0.127. The van der Waals surface area contributed by atoms with Crippen LogP contribution in [0.5, 0.6) is 0 Å². The molecular formula is C18H27N5O2. The third-order valence-corrected chi connectivity index (χ3v) is 3.83. The van der Waals surface area contributed by atoms with Crippen molar-refractivity contribution >= 4 is 22.8 Å². The Balaban J connectivity index is 1.91. The first-order valence-electron chi connectivity index (χ1n) is 8.38. The molecule has 0 aliphatic carbocycles. The van der Waals surface area contributed by atoms with Gasteiger partial charge in [-0.15, -0.1) is 0 Å². The van der Waals surface area contributed by atoms with E-state index in [1.807, 2.05) is 18.3 Å². The molecule has 0 aliphatic heterocycles. The normalized spacial score (nSPS) is 11.6. The quantitative estimate of drug-likeness (QED) is 0.378. The van der Waals surface area contributed by atoms with E-state index in [9.17, 15) is 4.79 Å². The van der Waals surface area contributed by atoms with Crippen molar-refractivity contribution in [2.24, 2.45) is 4.99 Å². The summed E-state index contributed by atoms with van der Waals surface area (Å²) in [5, 5.41) is 7.68. The average Bonchev–Trinajstić information content (AvgIpc) is 3.02. The number of nitrogens with one attached hydrogen (secondary N) is 3. The minimum atomic E-state index is -0.0375. The van der Waals surface area contributed by atoms with Crippen molar-refractivity contribution in [3.8, 4) is 0 Å². The van der Waals surface area contributed by atoms with E-state index in [0.29, 0.717) is 19.1 Å². The summed E-state index contributed by atoms with van der Waals surface area (Å²) in [6.45, 7) is 2.04. The number of amides is 1. The van der Waals surface area contributed by atoms with Crippen LogP contribution in [0.3, 0.4) is 0 Å². The van der Waals surface area contributed by atoms with Gasteiger partial charge in [0.05, 0.1) is 6.61 Å². The maximum Gasteiger partial charge on any atom is 0.243 e. The van der Waals surface area contributed by atoms with Crippen LogP contribution in [-0.2, 0) is 16.0 Å². The fourth-order valence-electron chi connectivity index (χ4n) is 2.39. The van der Waals surface area contributed by atoms with Crippen molar-refractivity contribution in [2.75, 3.05) is 47.4 Å². The summed E-state index contributed by atoms with van der Waals surface area (Å²) in [5.41, 5.74) is 2.39. The van der Waals surface area contributed by atoms with Gasteiger partial charge in [0, 0.05) is 51.4 Å². The summed E-state index contributed by atoms with van der Waals surface area (Å²) >= 11 is 0. The van der Waals surface area contributed by atoms with Crippen LogP contribution in [0.4, 0.5) is 0 Å². The second kappa shape index (κ2) is 9.68. The second-order valence-electron chi connectivity index (χ2n) is 5.91. The van der Waals surface area contributed by atoms with Gasteiger partial charge in [0.25, 0.3) is 0 Å². The number of fused-ring (bicyclic) bond motifs is 1. The zero-order valence-electron chi connectivity index (χ0n) is 15.1. The van der Waals surface area contributed by atoms with Gasteiger partial charge in [-0.2, -0.15) is 0 Å². The number of aliphatic imine (C=N–C) groups is 1. The van der Waals surface area contributed by atoms with Gasteiger partial charge in [-0.1, -0.05) is 18.2 Å². The van der Waals surface area contributed by atoms with E-state index in [0.717, 1.165) is 18.5 Å². The third-order valence-electron chi connectivity index (χ3n) is 3.83. The van der Waals surface area contributed by atoms with Crippen LogP contribution >= 0.6 is 0 Å². The molecule has 1 heterocycles. The summed E-state index contributed by atoms with van der Waals surface area (Å²) < 4.78 is 5.04. The lowest BCUT2D eigenvalue weighted by Gasteiger charge is -2.13. The molecule has 0 saturated heterocycles. The number of carbonyl (C=O) groups excluding carboxylic acids is 1. The summed E-state index contributed by atoms with van der Waals surface area (Å²) in [6.07, 6.45) is 2.90. The number of ether oxygens (including phenoxy) is 1. The largest absolute Gasteiger partial charge is 0.383 e. The van der Waals surface area contributed by atoms with Gasteiger partial charge in [-0.3, -0.25) is 4.79 Å². The summed E-state index contributed by atoms with van der Waals surface area (Å²) in [5.74, 6) is 0.580. The smallest absolute Gasteiger partial charge is 0.243 e. The van der Waals surface area contributed by atoms with Gasteiger partial charge in [0.15, 0.2) is 5.96 Å². The van der Waals surface area contributed by atoms with Crippen molar-refractivity contribution in [3.05, 3.63) is 36.0 Å². The zero-order valence-corrected chi connectivity index (χ0v) is 15.1. The Hall–Kier alpha value is -2.54. The Morgan fingerprint density at radius 3 is 2.76 bits per heavy atom. The van der Waals surface area contributed by atoms with Crippen LogP contribution in [0.15, 0.2) is 35.5 Å². The van der Waals surface area contributed by atoms with Crippen LogP contribution < -0.4 is 10.6 Å². The molecule has 7 heteroatoms. The van der Waals surface area contributed by atoms with Gasteiger partial charge < -0.3 is 25.3 Å². The maximum atomic E-state index is 11.7. The Kier molecular flexibility index (Phi) is 7.28. The summed E-state index contributed by atoms with van der Waals surface area (Å²) in [7, 11) is 5.10. The lowest BCUT2D eigenvalue weighted by atomic mass is 10.1. The highest BCUT2D eigenvalue weighted by molar-refractivity contribution is 5.85. The molecule has 0 aliphatic rings. The molecule has 2 rings (SSSR count). The van der Waals surface area contributed by atoms with Crippen molar-refractivity contribution in [2.45, 2.75) is 6.42 Å². The minimum absolute atomic E-state index is 0.0375. The highest BCUT2D eigenvalue weighted by Crippen LogP contribution is 2.17. The molecule has 7 nitrogen and oxygen atoms in total. The van der Waals surface area contributed by atoms with E-state index in [4.69, 9.17) is 4.74 Å². The van der Waals surface area contributed by atoms with E-state index in [1.165, 1.54) is 15.8 Å². The summed E-state index contributed by atoms with van der Waals surface area (Å²) in [6, 6.07) is 8.24. The first kappa shape index (κ1) is 18.8. The number of aromatic amines is 1. The molecule has 0 unspecified atom stereocenters. The minimum Gasteiger partial charge on any atom is -0.383 e. The molecular weight excluding hydrogens is 318 g/mol. The lowest BCUT2D eigenvalue weighted by Crippen LogP contribution is -2.40. The van der Waals surface area contributed by atoms with Crippen LogP contribution in [0.1, 0.15) is 5.56 Å². The zero-order chi connectivity index (χ0) is 18.1. The molecule has 2 aromatic rings. The van der Waals surface area contributed by atoms with Crippen LogP contribution in [0, 0.1) is 0 Å². The number of hydrogen-bond donors (Lipinski definition) is 3. The highest BCUT2D eigenvalue weighted by atomic mass is 16.5. The predicted molar refractivity (Wildman–Crippen MR) is 101 cm³/mol. The molecule has 0 atom stereocenters. The van der Waals surface area contributed by atoms with Crippen LogP contribution in [0.2, 0.25) is 0 Å². The van der Waals surface area contributed by atoms with Gasteiger partial charge in [-0.25, -0.2) is 4.99 Å². The van der Waals surface area contributed by atoms with Crippen molar-refractivity contribution in [3.63, 3.8) is 0 Å². The molecule has 0 radical (unpaired) electrons. The molecule has 1 aromatic carbocycles. The maximum absolute atomic E-state index is 11.7. The Morgan fingerprint density at radius 1 is 1.24 bits per heavy atom. The molecule has 0 fully saturated rings. The van der Waals surface area contributed by atoms with Crippen molar-refractivity contribution in [1.29, 1.82) is 0 Å².